The lowest BCUT2D eigenvalue weighted by Crippen LogP contribution is -2.10. The Morgan fingerprint density at radius 1 is 0.377 bits per heavy atom. The van der Waals surface area contributed by atoms with E-state index in [4.69, 9.17) is 29.9 Å². The number of benzene rings is 4. The Kier molecular flexibility index (Phi) is 7.32. The van der Waals surface area contributed by atoms with E-state index in [-0.39, 0.29) is 16.2 Å². The molecule has 8 nitrogen and oxygen atoms in total. The van der Waals surface area contributed by atoms with Crippen molar-refractivity contribution in [1.82, 2.24) is 39.9 Å². The van der Waals surface area contributed by atoms with E-state index in [9.17, 15) is 0 Å². The van der Waals surface area contributed by atoms with Crippen molar-refractivity contribution >= 4 is 66.7 Å². The van der Waals surface area contributed by atoms with Crippen molar-refractivity contribution in [3.63, 3.8) is 0 Å². The summed E-state index contributed by atoms with van der Waals surface area (Å²) < 4.78 is 1.09. The highest BCUT2D eigenvalue weighted by molar-refractivity contribution is 14.1. The molecule has 2 aliphatic heterocycles. The number of fused-ring (bicyclic) bond motifs is 20. The van der Waals surface area contributed by atoms with Gasteiger partial charge in [-0.1, -0.05) is 98.7 Å². The van der Waals surface area contributed by atoms with Gasteiger partial charge in [-0.2, -0.15) is 0 Å². The molecular weight excluding hydrogens is 767 g/mol. The van der Waals surface area contributed by atoms with Gasteiger partial charge in [0.2, 0.25) is 0 Å². The number of halogens is 1. The molecule has 0 saturated heterocycles. The number of rotatable bonds is 0. The molecule has 8 bridgehead atoms. The first-order valence-electron chi connectivity index (χ1n) is 18.1. The predicted molar refractivity (Wildman–Crippen MR) is 225 cm³/mol. The Bertz CT molecular complexity index is 2860. The first-order chi connectivity index (χ1) is 25.0. The minimum Gasteiger partial charge on any atom is -0.324 e. The molecule has 0 atom stereocenters. The fourth-order valence-corrected chi connectivity index (χ4v) is 7.66. The lowest BCUT2D eigenvalue weighted by molar-refractivity contribution is 0.590. The van der Waals surface area contributed by atoms with E-state index in [1.54, 1.807) is 0 Å². The Balaban J connectivity index is 1.47. The number of nitrogens with zero attached hydrogens (tertiary/aromatic N) is 6. The minimum atomic E-state index is -0.0670. The second-order valence-corrected chi connectivity index (χ2v) is 18.6. The Hall–Kier alpha value is -5.03. The normalized spacial score (nSPS) is 13.1. The van der Waals surface area contributed by atoms with Gasteiger partial charge in [-0.15, -0.1) is 0 Å². The van der Waals surface area contributed by atoms with Gasteiger partial charge in [0, 0.05) is 47.4 Å². The molecule has 2 N–H and O–H groups in total. The largest absolute Gasteiger partial charge is 0.324 e. The molecule has 9 heteroatoms. The second kappa shape index (κ2) is 11.5. The van der Waals surface area contributed by atoms with Crippen molar-refractivity contribution in [1.29, 1.82) is 0 Å². The molecule has 4 aromatic carbocycles. The monoisotopic (exact) mass is 808 g/mol. The molecule has 0 fully saturated rings. The third-order valence-electron chi connectivity index (χ3n) is 10.4. The fraction of sp³-hybridized carbons (Fsp3) is 0.273. The van der Waals surface area contributed by atoms with Gasteiger partial charge >= 0.3 is 0 Å². The molecule has 0 unspecified atom stereocenters. The van der Waals surface area contributed by atoms with E-state index in [0.29, 0.717) is 45.9 Å². The predicted octanol–water partition coefficient (Wildman–Crippen LogP) is 11.4. The average Bonchev–Trinajstić information content (AvgIpc) is 3.81. The van der Waals surface area contributed by atoms with Gasteiger partial charge in [0.25, 0.3) is 0 Å². The molecule has 9 rings (SSSR count). The van der Waals surface area contributed by atoms with Gasteiger partial charge in [0.1, 0.15) is 22.6 Å². The van der Waals surface area contributed by atoms with Crippen molar-refractivity contribution < 1.29 is 0 Å². The van der Waals surface area contributed by atoms with E-state index in [2.05, 4.69) is 168 Å². The van der Waals surface area contributed by atoms with Gasteiger partial charge in [0.15, 0.2) is 23.3 Å². The average molecular weight is 809 g/mol. The highest BCUT2D eigenvalue weighted by atomic mass is 127. The molecule has 0 spiro atoms. The molecular formula is C44H41IN8. The van der Waals surface area contributed by atoms with Crippen LogP contribution in [0.25, 0.3) is 89.7 Å². The third kappa shape index (κ3) is 5.71. The van der Waals surface area contributed by atoms with Crippen LogP contribution >= 0.6 is 22.6 Å². The molecule has 0 saturated carbocycles. The maximum atomic E-state index is 5.29. The van der Waals surface area contributed by atoms with E-state index in [1.807, 2.05) is 0 Å². The Morgan fingerprint density at radius 2 is 0.755 bits per heavy atom. The van der Waals surface area contributed by atoms with Crippen LogP contribution in [0.1, 0.15) is 79.0 Å². The van der Waals surface area contributed by atoms with Crippen LogP contribution in [0.15, 0.2) is 72.8 Å². The molecule has 264 valence electrons. The zero-order valence-corrected chi connectivity index (χ0v) is 33.6. The van der Waals surface area contributed by atoms with Crippen LogP contribution in [0.2, 0.25) is 0 Å². The van der Waals surface area contributed by atoms with Crippen LogP contribution in [-0.2, 0) is 16.2 Å². The third-order valence-corrected chi connectivity index (χ3v) is 11.1. The van der Waals surface area contributed by atoms with Crippen molar-refractivity contribution in [3.8, 4) is 45.6 Å². The maximum Gasteiger partial charge on any atom is 0.164 e. The van der Waals surface area contributed by atoms with Crippen molar-refractivity contribution in [2.24, 2.45) is 0 Å². The summed E-state index contributed by atoms with van der Waals surface area (Å²) in [4.78, 5) is 38.5. The quantitative estimate of drug-likeness (QED) is 0.148. The number of aromatic nitrogens is 8. The topological polar surface area (TPSA) is 109 Å². The van der Waals surface area contributed by atoms with Gasteiger partial charge in [0.05, 0.1) is 0 Å². The summed E-state index contributed by atoms with van der Waals surface area (Å²) in [6.07, 6.45) is 0. The highest BCUT2D eigenvalue weighted by Gasteiger charge is 2.26. The number of aromatic amines is 2. The zero-order chi connectivity index (χ0) is 37.2. The SMILES string of the molecule is CC(C)(C)c1ccc2c(c1)-c1nc3nc(nc4[nH]c(nc5[nH]c(nc-2n1)c1cc(C(C)(C)C)ccc51)c1ccc(C(C)(C)C)cc41)-c1ccc(I)cc1-3. The molecule has 3 aromatic heterocycles. The van der Waals surface area contributed by atoms with Crippen molar-refractivity contribution in [2.45, 2.75) is 78.6 Å². The van der Waals surface area contributed by atoms with Gasteiger partial charge in [-0.3, -0.25) is 0 Å². The number of nitrogens with one attached hydrogen (secondary N) is 2. The van der Waals surface area contributed by atoms with E-state index < -0.39 is 0 Å². The molecule has 0 aliphatic carbocycles. The van der Waals surface area contributed by atoms with Gasteiger partial charge in [-0.25, -0.2) is 29.9 Å². The van der Waals surface area contributed by atoms with Crippen LogP contribution < -0.4 is 0 Å². The van der Waals surface area contributed by atoms with Crippen LogP contribution in [0, 0.1) is 3.57 Å². The summed E-state index contributed by atoms with van der Waals surface area (Å²) >= 11 is 2.34. The Morgan fingerprint density at radius 3 is 1.23 bits per heavy atom. The molecule has 7 aromatic rings. The maximum absolute atomic E-state index is 5.29. The van der Waals surface area contributed by atoms with E-state index in [0.717, 1.165) is 47.4 Å². The summed E-state index contributed by atoms with van der Waals surface area (Å²) in [5, 5.41) is 3.93. The molecule has 2 aliphatic rings. The van der Waals surface area contributed by atoms with Crippen LogP contribution in [-0.4, -0.2) is 39.9 Å². The van der Waals surface area contributed by atoms with Gasteiger partial charge in [-0.05, 0) is 91.9 Å². The lowest BCUT2D eigenvalue weighted by atomic mass is 9.85. The number of hydrogen-bond acceptors (Lipinski definition) is 6. The summed E-state index contributed by atoms with van der Waals surface area (Å²) in [6.45, 7) is 20.0. The standard InChI is InChI=1S/C44H41IN8/c1-42(2,3)22-10-14-26-30(18-22)38-47-34(26)46-35-27-15-11-23(43(4,5)6)19-31(27)39(48-35)51-37-29-17-13-25(45)21-33(29)41(52-37)53-40-32-20-24(44(7,8)9)12-16-28(32)36(49-38)50-40/h10-21H,1-9H3,(H2,46,47,48,49,50,51,52,53). The molecule has 5 heterocycles. The van der Waals surface area contributed by atoms with Crippen molar-refractivity contribution in [3.05, 3.63) is 93.1 Å². The van der Waals surface area contributed by atoms with E-state index in [1.165, 1.54) is 16.7 Å². The molecule has 0 amide bonds. The second-order valence-electron chi connectivity index (χ2n) is 17.3. The Labute approximate surface area is 322 Å². The highest BCUT2D eigenvalue weighted by Crippen LogP contribution is 2.41. The first kappa shape index (κ1) is 33.8. The zero-order valence-electron chi connectivity index (χ0n) is 31.5. The van der Waals surface area contributed by atoms with Gasteiger partial charge < -0.3 is 9.97 Å². The molecule has 53 heavy (non-hydrogen) atoms. The lowest BCUT2D eigenvalue weighted by Gasteiger charge is -2.19. The van der Waals surface area contributed by atoms with Crippen LogP contribution in [0.3, 0.4) is 0 Å². The summed E-state index contributed by atoms with van der Waals surface area (Å²) in [6, 6.07) is 26.0. The summed E-state index contributed by atoms with van der Waals surface area (Å²) in [5.74, 6) is 2.35. The fourth-order valence-electron chi connectivity index (χ4n) is 7.17. The molecule has 0 radical (unpaired) electrons. The van der Waals surface area contributed by atoms with Crippen LogP contribution in [0.4, 0.5) is 0 Å². The van der Waals surface area contributed by atoms with Crippen molar-refractivity contribution in [2.75, 3.05) is 0 Å². The number of H-pyrrole nitrogens is 2. The van der Waals surface area contributed by atoms with E-state index >= 15 is 0 Å². The summed E-state index contributed by atoms with van der Waals surface area (Å²) in [5.41, 5.74) is 9.98. The summed E-state index contributed by atoms with van der Waals surface area (Å²) in [7, 11) is 0. The first-order valence-corrected chi connectivity index (χ1v) is 19.2. The number of hydrogen-bond donors (Lipinski definition) is 2. The van der Waals surface area contributed by atoms with Crippen LogP contribution in [0.5, 0.6) is 0 Å². The minimum absolute atomic E-state index is 0.0546. The smallest absolute Gasteiger partial charge is 0.164 e.